The highest BCUT2D eigenvalue weighted by Gasteiger charge is 2.39. The molecular formula is C17H26N2O3S. The van der Waals surface area contributed by atoms with E-state index in [2.05, 4.69) is 4.98 Å². The van der Waals surface area contributed by atoms with E-state index in [0.29, 0.717) is 6.54 Å². The third-order valence-corrected chi connectivity index (χ3v) is 6.65. The third kappa shape index (κ3) is 4.52. The van der Waals surface area contributed by atoms with Crippen molar-refractivity contribution in [2.45, 2.75) is 64.3 Å². The summed E-state index contributed by atoms with van der Waals surface area (Å²) < 4.78 is 33.4. The Kier molecular flexibility index (Phi) is 5.04. The molecule has 5 nitrogen and oxygen atoms in total. The van der Waals surface area contributed by atoms with Crippen molar-refractivity contribution in [1.29, 1.82) is 0 Å². The number of hydrogen-bond donors (Lipinski definition) is 0. The van der Waals surface area contributed by atoms with Gasteiger partial charge in [0.1, 0.15) is 0 Å². The number of nitrogens with zero attached hydrogens (tertiary/aromatic N) is 2. The molecule has 2 aliphatic rings. The molecule has 1 aromatic rings. The van der Waals surface area contributed by atoms with Crippen LogP contribution >= 0.6 is 0 Å². The van der Waals surface area contributed by atoms with Crippen molar-refractivity contribution in [1.82, 2.24) is 9.29 Å². The summed E-state index contributed by atoms with van der Waals surface area (Å²) in [4.78, 5) is 4.10. The molecule has 0 spiro atoms. The Morgan fingerprint density at radius 2 is 1.96 bits per heavy atom. The molecule has 6 heteroatoms. The highest BCUT2D eigenvalue weighted by Crippen LogP contribution is 2.33. The average Bonchev–Trinajstić information content (AvgIpc) is 3.28. The first kappa shape index (κ1) is 16.9. The Balaban J connectivity index is 1.70. The highest BCUT2D eigenvalue weighted by molar-refractivity contribution is 7.89. The molecule has 1 saturated carbocycles. The zero-order chi connectivity index (χ0) is 16.4. The van der Waals surface area contributed by atoms with Gasteiger partial charge in [0.15, 0.2) is 0 Å². The molecule has 1 aliphatic carbocycles. The molecule has 2 fully saturated rings. The van der Waals surface area contributed by atoms with E-state index in [0.717, 1.165) is 31.2 Å². The van der Waals surface area contributed by atoms with Gasteiger partial charge in [0.25, 0.3) is 0 Å². The highest BCUT2D eigenvalue weighted by atomic mass is 32.2. The lowest BCUT2D eigenvalue weighted by Crippen LogP contribution is -2.39. The minimum atomic E-state index is -3.25. The fourth-order valence-corrected chi connectivity index (χ4v) is 5.63. The van der Waals surface area contributed by atoms with Crippen LogP contribution in [0.4, 0.5) is 0 Å². The summed E-state index contributed by atoms with van der Waals surface area (Å²) in [7, 11) is -3.25. The minimum Gasteiger partial charge on any atom is -0.376 e. The molecule has 1 unspecified atom stereocenters. The van der Waals surface area contributed by atoms with Gasteiger partial charge in [-0.15, -0.1) is 0 Å². The number of aromatic nitrogens is 1. The molecule has 0 aromatic carbocycles. The summed E-state index contributed by atoms with van der Waals surface area (Å²) in [5.74, 6) is 0.427. The summed E-state index contributed by atoms with van der Waals surface area (Å²) >= 11 is 0. The van der Waals surface area contributed by atoms with Crippen LogP contribution in [0.25, 0.3) is 0 Å². The molecule has 23 heavy (non-hydrogen) atoms. The monoisotopic (exact) mass is 338 g/mol. The predicted molar refractivity (Wildman–Crippen MR) is 89.3 cm³/mol. The van der Waals surface area contributed by atoms with Gasteiger partial charge in [0, 0.05) is 25.0 Å². The van der Waals surface area contributed by atoms with Crippen molar-refractivity contribution in [3.05, 3.63) is 30.1 Å². The molecule has 128 valence electrons. The number of ether oxygens (including phenoxy) is 1. The molecule has 0 bridgehead atoms. The Morgan fingerprint density at radius 1 is 1.26 bits per heavy atom. The SMILES string of the molecule is C[C@@H]1CC(CS(=O)(=O)N(Cc2cccnc2)C2CC2)C[C@H](C)O1. The van der Waals surface area contributed by atoms with Crippen molar-refractivity contribution in [3.8, 4) is 0 Å². The van der Waals surface area contributed by atoms with Crippen LogP contribution in [-0.2, 0) is 21.3 Å². The number of sulfonamides is 1. The molecule has 1 saturated heterocycles. The van der Waals surface area contributed by atoms with E-state index in [1.54, 1.807) is 16.7 Å². The zero-order valence-electron chi connectivity index (χ0n) is 13.9. The average molecular weight is 338 g/mol. The Labute approximate surface area is 139 Å². The van der Waals surface area contributed by atoms with Crippen molar-refractivity contribution in [2.75, 3.05) is 5.75 Å². The van der Waals surface area contributed by atoms with Crippen LogP contribution in [0.1, 0.15) is 45.1 Å². The van der Waals surface area contributed by atoms with E-state index in [-0.39, 0.29) is 29.9 Å². The van der Waals surface area contributed by atoms with Gasteiger partial charge >= 0.3 is 0 Å². The second-order valence-electron chi connectivity index (χ2n) is 7.01. The van der Waals surface area contributed by atoms with Crippen molar-refractivity contribution < 1.29 is 13.2 Å². The van der Waals surface area contributed by atoms with Crippen LogP contribution in [0.5, 0.6) is 0 Å². The molecule has 0 N–H and O–H groups in total. The first-order valence-electron chi connectivity index (χ1n) is 8.48. The van der Waals surface area contributed by atoms with E-state index >= 15 is 0 Å². The van der Waals surface area contributed by atoms with Crippen LogP contribution in [0.3, 0.4) is 0 Å². The van der Waals surface area contributed by atoms with E-state index in [4.69, 9.17) is 4.74 Å². The van der Waals surface area contributed by atoms with Crippen molar-refractivity contribution in [3.63, 3.8) is 0 Å². The Hall–Kier alpha value is -0.980. The van der Waals surface area contributed by atoms with Gasteiger partial charge in [-0.2, -0.15) is 4.31 Å². The lowest BCUT2D eigenvalue weighted by Gasteiger charge is -2.33. The summed E-state index contributed by atoms with van der Waals surface area (Å²) in [6.45, 7) is 4.50. The summed E-state index contributed by atoms with van der Waals surface area (Å²) in [6.07, 6.45) is 7.36. The quantitative estimate of drug-likeness (QED) is 0.800. The van der Waals surface area contributed by atoms with Gasteiger partial charge in [-0.25, -0.2) is 8.42 Å². The molecule has 1 aromatic heterocycles. The maximum atomic E-state index is 13.0. The Bertz CT molecular complexity index is 606. The molecule has 0 radical (unpaired) electrons. The van der Waals surface area contributed by atoms with Gasteiger partial charge in [-0.05, 0) is 57.1 Å². The molecular weight excluding hydrogens is 312 g/mol. The fourth-order valence-electron chi connectivity index (χ4n) is 3.56. The lowest BCUT2D eigenvalue weighted by molar-refractivity contribution is -0.0480. The van der Waals surface area contributed by atoms with Crippen LogP contribution in [0.15, 0.2) is 24.5 Å². The number of pyridine rings is 1. The molecule has 2 heterocycles. The van der Waals surface area contributed by atoms with Crippen LogP contribution in [0.2, 0.25) is 0 Å². The molecule has 3 rings (SSSR count). The zero-order valence-corrected chi connectivity index (χ0v) is 14.7. The van der Waals surface area contributed by atoms with Crippen molar-refractivity contribution >= 4 is 10.0 Å². The normalized spacial score (nSPS) is 28.9. The van der Waals surface area contributed by atoms with Gasteiger partial charge < -0.3 is 4.74 Å². The van der Waals surface area contributed by atoms with Gasteiger partial charge in [-0.3, -0.25) is 4.98 Å². The molecule has 1 aliphatic heterocycles. The number of rotatable bonds is 6. The van der Waals surface area contributed by atoms with Gasteiger partial charge in [0.05, 0.1) is 18.0 Å². The summed E-state index contributed by atoms with van der Waals surface area (Å²) in [5, 5.41) is 0. The fraction of sp³-hybridized carbons (Fsp3) is 0.706. The van der Waals surface area contributed by atoms with E-state index < -0.39 is 10.0 Å². The lowest BCUT2D eigenvalue weighted by atomic mass is 9.94. The third-order valence-electron chi connectivity index (χ3n) is 4.61. The first-order valence-corrected chi connectivity index (χ1v) is 10.1. The maximum Gasteiger partial charge on any atom is 0.214 e. The Morgan fingerprint density at radius 3 is 2.52 bits per heavy atom. The standard InChI is InChI=1S/C17H26N2O3S/c1-13-8-16(9-14(2)22-13)12-23(20,21)19(17-5-6-17)11-15-4-3-7-18-10-15/h3-4,7,10,13-14,16-17H,5-6,8-9,11-12H2,1-2H3/t13-,14+,16?. The number of hydrogen-bond acceptors (Lipinski definition) is 4. The van der Waals surface area contributed by atoms with Gasteiger partial charge in [-0.1, -0.05) is 6.07 Å². The molecule has 3 atom stereocenters. The second kappa shape index (κ2) is 6.87. The maximum absolute atomic E-state index is 13.0. The summed E-state index contributed by atoms with van der Waals surface area (Å²) in [5.41, 5.74) is 0.955. The predicted octanol–water partition coefficient (Wildman–Crippen LogP) is 2.58. The van der Waals surface area contributed by atoms with E-state index in [9.17, 15) is 8.42 Å². The van der Waals surface area contributed by atoms with Crippen LogP contribution in [0, 0.1) is 5.92 Å². The van der Waals surface area contributed by atoms with Crippen molar-refractivity contribution in [2.24, 2.45) is 5.92 Å². The van der Waals surface area contributed by atoms with E-state index in [1.165, 1.54) is 0 Å². The first-order chi connectivity index (χ1) is 10.9. The van der Waals surface area contributed by atoms with E-state index in [1.807, 2.05) is 26.0 Å². The largest absolute Gasteiger partial charge is 0.376 e. The summed E-state index contributed by atoms with van der Waals surface area (Å²) in [6, 6.07) is 3.97. The van der Waals surface area contributed by atoms with Gasteiger partial charge in [0.2, 0.25) is 10.0 Å². The minimum absolute atomic E-state index is 0.145. The smallest absolute Gasteiger partial charge is 0.214 e. The molecule has 0 amide bonds. The van der Waals surface area contributed by atoms with Crippen LogP contribution < -0.4 is 0 Å². The topological polar surface area (TPSA) is 59.5 Å². The van der Waals surface area contributed by atoms with Crippen LogP contribution in [-0.4, -0.2) is 41.7 Å². The second-order valence-corrected chi connectivity index (χ2v) is 8.98.